The zero-order chi connectivity index (χ0) is 14.7. The van der Waals surface area contributed by atoms with Crippen molar-refractivity contribution in [2.75, 3.05) is 18.5 Å². The molecule has 1 aromatic rings. The fraction of sp³-hybridized carbons (Fsp3) is 0.562. The van der Waals surface area contributed by atoms with E-state index < -0.39 is 0 Å². The number of ether oxygens (including phenoxy) is 1. The molecule has 0 spiro atoms. The molecule has 0 aliphatic carbocycles. The summed E-state index contributed by atoms with van der Waals surface area (Å²) in [5.74, 6) is 0.190. The number of benzene rings is 1. The van der Waals surface area contributed by atoms with Gasteiger partial charge in [-0.05, 0) is 37.5 Å². The number of hydrogen-bond donors (Lipinski definition) is 0. The van der Waals surface area contributed by atoms with Crippen LogP contribution in [0.15, 0.2) is 18.2 Å². The first-order chi connectivity index (χ1) is 9.51. The lowest BCUT2D eigenvalue weighted by atomic mass is 10.0. The highest BCUT2D eigenvalue weighted by molar-refractivity contribution is 9.09. The maximum atomic E-state index is 12.5. The summed E-state index contributed by atoms with van der Waals surface area (Å²) in [7, 11) is 0. The Bertz CT molecular complexity index is 489. The van der Waals surface area contributed by atoms with Crippen LogP contribution in [0.1, 0.15) is 23.6 Å². The van der Waals surface area contributed by atoms with E-state index in [4.69, 9.17) is 4.74 Å². The molecule has 2 rings (SSSR count). The number of rotatable bonds is 3. The number of hydrogen-bond acceptors (Lipinski definition) is 2. The van der Waals surface area contributed by atoms with Crippen LogP contribution in [0.25, 0.3) is 0 Å². The minimum absolute atomic E-state index is 0.106. The molecule has 1 aliphatic rings. The number of alkyl halides is 1. The minimum Gasteiger partial charge on any atom is -0.373 e. The molecular formula is C16H22BrNO2. The van der Waals surface area contributed by atoms with Crippen molar-refractivity contribution in [2.45, 2.75) is 39.3 Å². The van der Waals surface area contributed by atoms with Gasteiger partial charge < -0.3 is 9.64 Å². The second-order valence-corrected chi connectivity index (χ2v) is 6.25. The molecule has 4 heteroatoms. The first kappa shape index (κ1) is 15.5. The summed E-state index contributed by atoms with van der Waals surface area (Å²) < 4.78 is 5.66. The van der Waals surface area contributed by atoms with E-state index in [1.165, 1.54) is 11.1 Å². The van der Waals surface area contributed by atoms with Crippen LogP contribution in [0.4, 0.5) is 0 Å². The topological polar surface area (TPSA) is 29.5 Å². The summed E-state index contributed by atoms with van der Waals surface area (Å²) >= 11 is 3.43. The SMILES string of the molecule is Cc1ccc(CC(=O)N2CC(CBr)OCC2C)cc1C. The van der Waals surface area contributed by atoms with Crippen LogP contribution in [-0.4, -0.2) is 41.4 Å². The molecule has 110 valence electrons. The van der Waals surface area contributed by atoms with Gasteiger partial charge in [-0.25, -0.2) is 0 Å². The summed E-state index contributed by atoms with van der Waals surface area (Å²) in [5.41, 5.74) is 3.59. The Hall–Kier alpha value is -0.870. The second kappa shape index (κ2) is 6.72. The summed E-state index contributed by atoms with van der Waals surface area (Å²) in [6, 6.07) is 6.40. The maximum Gasteiger partial charge on any atom is 0.227 e. The molecular weight excluding hydrogens is 318 g/mol. The summed E-state index contributed by atoms with van der Waals surface area (Å²) in [5, 5.41) is 0.771. The third-order valence-electron chi connectivity index (χ3n) is 3.92. The van der Waals surface area contributed by atoms with Crippen molar-refractivity contribution in [3.8, 4) is 0 Å². The van der Waals surface area contributed by atoms with Gasteiger partial charge in [-0.1, -0.05) is 34.1 Å². The van der Waals surface area contributed by atoms with Crippen molar-refractivity contribution in [1.82, 2.24) is 4.90 Å². The molecule has 0 radical (unpaired) electrons. The van der Waals surface area contributed by atoms with Crippen molar-refractivity contribution < 1.29 is 9.53 Å². The first-order valence-corrected chi connectivity index (χ1v) is 8.16. The Morgan fingerprint density at radius 3 is 2.80 bits per heavy atom. The average molecular weight is 340 g/mol. The van der Waals surface area contributed by atoms with Gasteiger partial charge in [-0.3, -0.25) is 4.79 Å². The van der Waals surface area contributed by atoms with Crippen LogP contribution < -0.4 is 0 Å². The highest BCUT2D eigenvalue weighted by atomic mass is 79.9. The number of aryl methyl sites for hydroxylation is 2. The van der Waals surface area contributed by atoms with Crippen molar-refractivity contribution in [2.24, 2.45) is 0 Å². The molecule has 0 bridgehead atoms. The number of carbonyl (C=O) groups is 1. The number of morpholine rings is 1. The predicted molar refractivity (Wildman–Crippen MR) is 84.3 cm³/mol. The molecule has 1 fully saturated rings. The monoisotopic (exact) mass is 339 g/mol. The smallest absolute Gasteiger partial charge is 0.227 e. The molecule has 20 heavy (non-hydrogen) atoms. The Morgan fingerprint density at radius 1 is 1.40 bits per heavy atom. The molecule has 0 N–H and O–H groups in total. The lowest BCUT2D eigenvalue weighted by molar-refractivity contribution is -0.142. The standard InChI is InChI=1S/C16H22BrNO2/c1-11-4-5-14(6-12(11)2)7-16(19)18-9-15(8-17)20-10-13(18)3/h4-6,13,15H,7-10H2,1-3H3. The Balaban J connectivity index is 2.04. The van der Waals surface area contributed by atoms with E-state index in [-0.39, 0.29) is 18.1 Å². The van der Waals surface area contributed by atoms with Gasteiger partial charge in [0.15, 0.2) is 0 Å². The summed E-state index contributed by atoms with van der Waals surface area (Å²) in [4.78, 5) is 14.4. The quantitative estimate of drug-likeness (QED) is 0.792. The van der Waals surface area contributed by atoms with E-state index in [2.05, 4.69) is 41.9 Å². The molecule has 1 saturated heterocycles. The largest absolute Gasteiger partial charge is 0.373 e. The fourth-order valence-electron chi connectivity index (χ4n) is 2.45. The summed E-state index contributed by atoms with van der Waals surface area (Å²) in [6.45, 7) is 7.51. The number of nitrogens with zero attached hydrogens (tertiary/aromatic N) is 1. The van der Waals surface area contributed by atoms with E-state index in [1.807, 2.05) is 17.9 Å². The molecule has 1 aliphatic heterocycles. The van der Waals surface area contributed by atoms with Crippen LogP contribution >= 0.6 is 15.9 Å². The van der Waals surface area contributed by atoms with Crippen molar-refractivity contribution in [1.29, 1.82) is 0 Å². The van der Waals surface area contributed by atoms with E-state index in [1.54, 1.807) is 0 Å². The van der Waals surface area contributed by atoms with Gasteiger partial charge in [-0.2, -0.15) is 0 Å². The molecule has 2 unspecified atom stereocenters. The van der Waals surface area contributed by atoms with E-state index in [0.29, 0.717) is 19.6 Å². The lowest BCUT2D eigenvalue weighted by Crippen LogP contribution is -2.52. The first-order valence-electron chi connectivity index (χ1n) is 7.04. The number of halogens is 1. The second-order valence-electron chi connectivity index (χ2n) is 5.60. The molecule has 1 aromatic carbocycles. The molecule has 3 nitrogen and oxygen atoms in total. The van der Waals surface area contributed by atoms with Gasteiger partial charge in [0.05, 0.1) is 25.2 Å². The normalized spacial score (nSPS) is 22.9. The highest BCUT2D eigenvalue weighted by Gasteiger charge is 2.28. The van der Waals surface area contributed by atoms with Gasteiger partial charge in [0.25, 0.3) is 0 Å². The Morgan fingerprint density at radius 2 is 2.15 bits per heavy atom. The van der Waals surface area contributed by atoms with Gasteiger partial charge in [0.2, 0.25) is 5.91 Å². The summed E-state index contributed by atoms with van der Waals surface area (Å²) in [6.07, 6.45) is 0.579. The van der Waals surface area contributed by atoms with Crippen LogP contribution in [0, 0.1) is 13.8 Å². The molecule has 1 amide bonds. The van der Waals surface area contributed by atoms with Crippen molar-refractivity contribution >= 4 is 21.8 Å². The molecule has 1 heterocycles. The van der Waals surface area contributed by atoms with Crippen LogP contribution in [0.3, 0.4) is 0 Å². The maximum absolute atomic E-state index is 12.5. The van der Waals surface area contributed by atoms with Crippen molar-refractivity contribution in [3.05, 3.63) is 34.9 Å². The zero-order valence-electron chi connectivity index (χ0n) is 12.4. The van der Waals surface area contributed by atoms with Gasteiger partial charge in [-0.15, -0.1) is 0 Å². The van der Waals surface area contributed by atoms with E-state index >= 15 is 0 Å². The Kier molecular flexibility index (Phi) is 5.22. The fourth-order valence-corrected chi connectivity index (χ4v) is 2.84. The average Bonchev–Trinajstić information content (AvgIpc) is 2.43. The predicted octanol–water partition coefficient (Wildman–Crippen LogP) is 2.86. The third kappa shape index (κ3) is 3.61. The number of amides is 1. The number of carbonyl (C=O) groups excluding carboxylic acids is 1. The van der Waals surface area contributed by atoms with Crippen LogP contribution in [0.5, 0.6) is 0 Å². The van der Waals surface area contributed by atoms with E-state index in [9.17, 15) is 4.79 Å². The Labute approximate surface area is 129 Å². The molecule has 0 aromatic heterocycles. The molecule has 0 saturated carbocycles. The van der Waals surface area contributed by atoms with Gasteiger partial charge >= 0.3 is 0 Å². The minimum atomic E-state index is 0.106. The van der Waals surface area contributed by atoms with Crippen molar-refractivity contribution in [3.63, 3.8) is 0 Å². The van der Waals surface area contributed by atoms with Crippen LogP contribution in [0.2, 0.25) is 0 Å². The van der Waals surface area contributed by atoms with Gasteiger partial charge in [0, 0.05) is 11.9 Å². The van der Waals surface area contributed by atoms with E-state index in [0.717, 1.165) is 10.9 Å². The highest BCUT2D eigenvalue weighted by Crippen LogP contribution is 2.16. The lowest BCUT2D eigenvalue weighted by Gasteiger charge is -2.37. The van der Waals surface area contributed by atoms with Crippen LogP contribution in [-0.2, 0) is 16.0 Å². The van der Waals surface area contributed by atoms with Gasteiger partial charge in [0.1, 0.15) is 0 Å². The molecule has 2 atom stereocenters. The third-order valence-corrected chi connectivity index (χ3v) is 4.65. The zero-order valence-corrected chi connectivity index (χ0v) is 13.9.